The third-order valence-corrected chi connectivity index (χ3v) is 3.79. The first-order valence-corrected chi connectivity index (χ1v) is 7.46. The first-order chi connectivity index (χ1) is 12.7. The first-order valence-electron chi connectivity index (χ1n) is 7.46. The van der Waals surface area contributed by atoms with Crippen molar-refractivity contribution in [2.75, 3.05) is 6.61 Å². The summed E-state index contributed by atoms with van der Waals surface area (Å²) in [7, 11) is 0. The number of primary amides is 1. The number of H-pyrrole nitrogens is 1. The van der Waals surface area contributed by atoms with Gasteiger partial charge in [0.1, 0.15) is 23.1 Å². The van der Waals surface area contributed by atoms with Crippen molar-refractivity contribution in [1.82, 2.24) is 10.2 Å². The van der Waals surface area contributed by atoms with Gasteiger partial charge in [0, 0.05) is 0 Å². The van der Waals surface area contributed by atoms with Crippen LogP contribution in [0.1, 0.15) is 22.7 Å². The van der Waals surface area contributed by atoms with E-state index in [0.717, 1.165) is 0 Å². The molecule has 1 aliphatic rings. The van der Waals surface area contributed by atoms with Crippen LogP contribution in [-0.4, -0.2) is 22.7 Å². The molecule has 1 atom stereocenters. The maximum absolute atomic E-state index is 13.4. The van der Waals surface area contributed by atoms with Crippen LogP contribution >= 0.6 is 0 Å². The number of allylic oxidation sites excluding steroid dienone is 1. The first kappa shape index (κ1) is 18.1. The topological polar surface area (TPSA) is 140 Å². The summed E-state index contributed by atoms with van der Waals surface area (Å²) in [5.74, 6) is -2.44. The molecule has 2 heterocycles. The Hall–Kier alpha value is -3.68. The average Bonchev–Trinajstić information content (AvgIpc) is 3.02. The molecule has 0 radical (unpaired) electrons. The number of fused-ring (bicyclic) bond motifs is 1. The van der Waals surface area contributed by atoms with Gasteiger partial charge in [0.15, 0.2) is 6.61 Å². The smallest absolute Gasteiger partial charge is 0.433 e. The molecule has 0 bridgehead atoms. The Kier molecular flexibility index (Phi) is 4.40. The average molecular weight is 379 g/mol. The molecule has 0 saturated heterocycles. The number of aromatic nitrogens is 2. The number of aromatic amines is 1. The molecule has 1 aromatic heterocycles. The van der Waals surface area contributed by atoms with Crippen LogP contribution in [-0.2, 0) is 11.0 Å². The molecule has 0 aliphatic carbocycles. The molecule has 8 nitrogen and oxygen atoms in total. The van der Waals surface area contributed by atoms with Gasteiger partial charge >= 0.3 is 6.18 Å². The Morgan fingerprint density at radius 3 is 2.81 bits per heavy atom. The molecule has 1 aliphatic heterocycles. The molecule has 1 aromatic carbocycles. The fourth-order valence-electron chi connectivity index (χ4n) is 2.73. The van der Waals surface area contributed by atoms with E-state index < -0.39 is 30.3 Å². The number of nitriles is 1. The lowest BCUT2D eigenvalue weighted by molar-refractivity contribution is -0.141. The third kappa shape index (κ3) is 3.37. The number of benzene rings is 1. The minimum atomic E-state index is -4.76. The molecule has 5 N–H and O–H groups in total. The number of amides is 1. The van der Waals surface area contributed by atoms with E-state index in [-0.39, 0.29) is 34.2 Å². The fraction of sp³-hybridized carbons (Fsp3) is 0.188. The van der Waals surface area contributed by atoms with Crippen molar-refractivity contribution in [3.05, 3.63) is 52.5 Å². The van der Waals surface area contributed by atoms with Gasteiger partial charge < -0.3 is 20.9 Å². The number of carbonyl (C=O) groups excluding carboxylic acids is 1. The van der Waals surface area contributed by atoms with E-state index in [2.05, 4.69) is 5.10 Å². The fourth-order valence-corrected chi connectivity index (χ4v) is 2.73. The zero-order valence-corrected chi connectivity index (χ0v) is 13.5. The van der Waals surface area contributed by atoms with E-state index in [9.17, 15) is 23.2 Å². The number of halogens is 3. The molecule has 140 valence electrons. The zero-order valence-electron chi connectivity index (χ0n) is 13.5. The second-order valence-electron chi connectivity index (χ2n) is 5.57. The number of hydrogen-bond donors (Lipinski definition) is 3. The Morgan fingerprint density at radius 2 is 2.19 bits per heavy atom. The highest BCUT2D eigenvalue weighted by molar-refractivity contribution is 5.75. The van der Waals surface area contributed by atoms with Gasteiger partial charge in [-0.05, 0) is 17.7 Å². The number of alkyl halides is 3. The number of nitrogens with one attached hydrogen (secondary N) is 1. The second-order valence-corrected chi connectivity index (χ2v) is 5.57. The van der Waals surface area contributed by atoms with Gasteiger partial charge in [0.05, 0.1) is 11.5 Å². The van der Waals surface area contributed by atoms with E-state index in [1.54, 1.807) is 6.07 Å². The van der Waals surface area contributed by atoms with E-state index in [1.165, 1.54) is 24.3 Å². The van der Waals surface area contributed by atoms with Crippen LogP contribution in [0.2, 0.25) is 0 Å². The molecule has 2 aromatic rings. The Balaban J connectivity index is 2.14. The van der Waals surface area contributed by atoms with Gasteiger partial charge in [-0.25, -0.2) is 0 Å². The van der Waals surface area contributed by atoms with Gasteiger partial charge in [-0.15, -0.1) is 5.10 Å². The zero-order chi connectivity index (χ0) is 19.8. The lowest BCUT2D eigenvalue weighted by Gasteiger charge is -2.24. The molecule has 1 amide bonds. The van der Waals surface area contributed by atoms with Crippen molar-refractivity contribution >= 4 is 5.91 Å². The number of ether oxygens (including phenoxy) is 2. The van der Waals surface area contributed by atoms with Crippen LogP contribution in [0.25, 0.3) is 0 Å². The van der Waals surface area contributed by atoms with Crippen molar-refractivity contribution in [1.29, 1.82) is 5.26 Å². The summed E-state index contributed by atoms with van der Waals surface area (Å²) in [5.41, 5.74) is 9.27. The summed E-state index contributed by atoms with van der Waals surface area (Å²) in [5, 5.41) is 14.8. The Bertz CT molecular complexity index is 974. The predicted octanol–water partition coefficient (Wildman–Crippen LogP) is 1.51. The molecule has 27 heavy (non-hydrogen) atoms. The Morgan fingerprint density at radius 1 is 1.44 bits per heavy atom. The predicted molar refractivity (Wildman–Crippen MR) is 84.0 cm³/mol. The molecule has 0 unspecified atom stereocenters. The lowest BCUT2D eigenvalue weighted by Crippen LogP contribution is -2.23. The normalized spacial score (nSPS) is 16.3. The quantitative estimate of drug-likeness (QED) is 0.736. The van der Waals surface area contributed by atoms with Crippen molar-refractivity contribution < 1.29 is 27.4 Å². The number of rotatable bonds is 4. The van der Waals surface area contributed by atoms with Crippen LogP contribution in [0, 0.1) is 11.3 Å². The van der Waals surface area contributed by atoms with Crippen molar-refractivity contribution in [2.24, 2.45) is 11.5 Å². The van der Waals surface area contributed by atoms with Gasteiger partial charge in [0.25, 0.3) is 5.91 Å². The monoisotopic (exact) mass is 379 g/mol. The summed E-state index contributed by atoms with van der Waals surface area (Å²) in [6.07, 6.45) is -4.76. The van der Waals surface area contributed by atoms with Crippen molar-refractivity contribution in [3.8, 4) is 17.7 Å². The highest BCUT2D eigenvalue weighted by Crippen LogP contribution is 2.47. The Labute approximate surface area is 150 Å². The molecule has 11 heteroatoms. The minimum absolute atomic E-state index is 0.187. The number of carbonyl (C=O) groups is 1. The molecule has 0 saturated carbocycles. The molecular formula is C16H12F3N5O3. The molecular weight excluding hydrogens is 367 g/mol. The van der Waals surface area contributed by atoms with Crippen molar-refractivity contribution in [2.45, 2.75) is 12.1 Å². The SMILES string of the molecule is N#CC1=C(N)Oc2n[nH]c(C(F)(F)F)c2[C@H]1c1cccc(OCC(N)=O)c1. The van der Waals surface area contributed by atoms with Gasteiger partial charge in [-0.1, -0.05) is 12.1 Å². The summed E-state index contributed by atoms with van der Waals surface area (Å²) in [6, 6.07) is 7.66. The second kappa shape index (κ2) is 6.56. The summed E-state index contributed by atoms with van der Waals surface area (Å²) in [4.78, 5) is 10.9. The number of nitrogens with two attached hydrogens (primary N) is 2. The van der Waals surface area contributed by atoms with Crippen LogP contribution in [0.4, 0.5) is 13.2 Å². The molecule has 0 fully saturated rings. The van der Waals surface area contributed by atoms with Crippen LogP contribution < -0.4 is 20.9 Å². The number of hydrogen-bond acceptors (Lipinski definition) is 6. The van der Waals surface area contributed by atoms with Crippen LogP contribution in [0.15, 0.2) is 35.7 Å². The highest BCUT2D eigenvalue weighted by atomic mass is 19.4. The summed E-state index contributed by atoms with van der Waals surface area (Å²) in [6.45, 7) is -0.412. The lowest BCUT2D eigenvalue weighted by atomic mass is 9.84. The van der Waals surface area contributed by atoms with Gasteiger partial charge in [-0.2, -0.15) is 18.4 Å². The van der Waals surface area contributed by atoms with E-state index >= 15 is 0 Å². The minimum Gasteiger partial charge on any atom is -0.484 e. The van der Waals surface area contributed by atoms with Crippen LogP contribution in [0.3, 0.4) is 0 Å². The van der Waals surface area contributed by atoms with Gasteiger partial charge in [-0.3, -0.25) is 9.89 Å². The third-order valence-electron chi connectivity index (χ3n) is 3.79. The maximum Gasteiger partial charge on any atom is 0.433 e. The molecule has 3 rings (SSSR count). The maximum atomic E-state index is 13.4. The van der Waals surface area contributed by atoms with Gasteiger partial charge in [0.2, 0.25) is 11.8 Å². The largest absolute Gasteiger partial charge is 0.484 e. The standard InChI is InChI=1S/C16H12F3N5O3/c17-16(18,19)13-12-11(9(5-20)14(22)27-15(12)24-23-13)7-2-1-3-8(4-7)26-6-10(21)25/h1-4,11H,6,22H2,(H2,21,25)(H,23,24)/t11-/m0/s1. The number of nitrogens with zero attached hydrogens (tertiary/aromatic N) is 2. The summed E-state index contributed by atoms with van der Waals surface area (Å²) >= 11 is 0. The highest BCUT2D eigenvalue weighted by Gasteiger charge is 2.44. The summed E-state index contributed by atoms with van der Waals surface area (Å²) < 4.78 is 50.4. The van der Waals surface area contributed by atoms with E-state index in [1.807, 2.05) is 5.10 Å². The molecule has 0 spiro atoms. The van der Waals surface area contributed by atoms with E-state index in [0.29, 0.717) is 0 Å². The van der Waals surface area contributed by atoms with E-state index in [4.69, 9.17) is 20.9 Å². The van der Waals surface area contributed by atoms with Crippen molar-refractivity contribution in [3.63, 3.8) is 0 Å². The van der Waals surface area contributed by atoms with Crippen LogP contribution in [0.5, 0.6) is 11.6 Å².